The second kappa shape index (κ2) is 10.1. The van der Waals surface area contributed by atoms with Gasteiger partial charge in [0.05, 0.1) is 14.2 Å². The summed E-state index contributed by atoms with van der Waals surface area (Å²) in [6.07, 6.45) is 6.26. The molecule has 0 aromatic heterocycles. The molecule has 0 bridgehead atoms. The molecular formula is C19H32N4O2. The molecule has 0 radical (unpaired) electrons. The van der Waals surface area contributed by atoms with Crippen LogP contribution in [0.3, 0.4) is 0 Å². The number of unbranched alkanes of at least 4 members (excludes halogenated alkanes) is 1. The zero-order valence-electron chi connectivity index (χ0n) is 15.8. The van der Waals surface area contributed by atoms with E-state index >= 15 is 0 Å². The minimum atomic E-state index is 0.429. The lowest BCUT2D eigenvalue weighted by Gasteiger charge is -2.33. The van der Waals surface area contributed by atoms with E-state index in [1.165, 1.54) is 32.4 Å². The maximum Gasteiger partial charge on any atom is 0.193 e. The van der Waals surface area contributed by atoms with Crippen LogP contribution in [0, 0.1) is 0 Å². The first-order valence-electron chi connectivity index (χ1n) is 9.17. The van der Waals surface area contributed by atoms with Crippen LogP contribution >= 0.6 is 0 Å². The summed E-state index contributed by atoms with van der Waals surface area (Å²) in [5.74, 6) is 1.78. The summed E-state index contributed by atoms with van der Waals surface area (Å²) in [6.45, 7) is 5.49. The molecule has 1 aromatic rings. The third kappa shape index (κ3) is 6.12. The highest BCUT2D eigenvalue weighted by molar-refractivity contribution is 5.92. The number of nitrogens with one attached hydrogen (secondary N) is 1. The standard InChI is InChI=1S/C19H32N4O2/c1-15-8-4-6-12-23(15)13-7-5-11-21-19(20)22-16-9-10-17(24-2)18(14-16)25-3/h9-10,14-15H,4-8,11-13H2,1-3H3,(H3,20,21,22). The largest absolute Gasteiger partial charge is 0.493 e. The van der Waals surface area contributed by atoms with Crippen LogP contribution in [0.4, 0.5) is 5.69 Å². The molecule has 3 N–H and O–H groups in total. The molecule has 1 aliphatic heterocycles. The number of benzene rings is 1. The second-order valence-corrected chi connectivity index (χ2v) is 6.55. The van der Waals surface area contributed by atoms with E-state index in [0.29, 0.717) is 17.5 Å². The summed E-state index contributed by atoms with van der Waals surface area (Å²) >= 11 is 0. The van der Waals surface area contributed by atoms with Gasteiger partial charge in [0.1, 0.15) is 0 Å². The van der Waals surface area contributed by atoms with Crippen LogP contribution in [-0.2, 0) is 0 Å². The summed E-state index contributed by atoms with van der Waals surface area (Å²) in [5, 5.41) is 3.10. The average molecular weight is 348 g/mol. The van der Waals surface area contributed by atoms with Crippen molar-refractivity contribution in [3.8, 4) is 11.5 Å². The predicted octanol–water partition coefficient (Wildman–Crippen LogP) is 3.09. The number of likely N-dealkylation sites (tertiary alicyclic amines) is 1. The zero-order valence-corrected chi connectivity index (χ0v) is 15.8. The van der Waals surface area contributed by atoms with Crippen LogP contribution in [0.5, 0.6) is 11.5 Å². The lowest BCUT2D eigenvalue weighted by molar-refractivity contribution is 0.158. The highest BCUT2D eigenvalue weighted by Gasteiger charge is 2.16. The Morgan fingerprint density at radius 1 is 1.24 bits per heavy atom. The molecule has 1 saturated heterocycles. The van der Waals surface area contributed by atoms with Gasteiger partial charge in [-0.3, -0.25) is 4.99 Å². The van der Waals surface area contributed by atoms with Gasteiger partial charge >= 0.3 is 0 Å². The molecule has 1 atom stereocenters. The molecule has 1 fully saturated rings. The van der Waals surface area contributed by atoms with Gasteiger partial charge in [0, 0.05) is 24.3 Å². The number of piperidine rings is 1. The molecule has 0 aliphatic carbocycles. The Balaban J connectivity index is 1.72. The topological polar surface area (TPSA) is 72.1 Å². The SMILES string of the molecule is COc1ccc(NC(N)=NCCCCN2CCCCC2C)cc1OC. The minimum absolute atomic E-state index is 0.429. The first-order valence-corrected chi connectivity index (χ1v) is 9.17. The number of hydrogen-bond donors (Lipinski definition) is 2. The minimum Gasteiger partial charge on any atom is -0.493 e. The van der Waals surface area contributed by atoms with Crippen LogP contribution in [0.15, 0.2) is 23.2 Å². The summed E-state index contributed by atoms with van der Waals surface area (Å²) in [4.78, 5) is 7.01. The van der Waals surface area contributed by atoms with E-state index in [4.69, 9.17) is 15.2 Å². The van der Waals surface area contributed by atoms with Crippen LogP contribution in [0.25, 0.3) is 0 Å². The normalized spacial score (nSPS) is 18.8. The van der Waals surface area contributed by atoms with E-state index in [1.54, 1.807) is 14.2 Å². The lowest BCUT2D eigenvalue weighted by Crippen LogP contribution is -2.38. The molecule has 0 amide bonds. The van der Waals surface area contributed by atoms with Gasteiger partial charge in [0.2, 0.25) is 0 Å². The van der Waals surface area contributed by atoms with E-state index in [1.807, 2.05) is 18.2 Å². The Morgan fingerprint density at radius 3 is 2.76 bits per heavy atom. The van der Waals surface area contributed by atoms with Crippen molar-refractivity contribution in [3.63, 3.8) is 0 Å². The molecule has 2 rings (SSSR count). The number of nitrogens with zero attached hydrogens (tertiary/aromatic N) is 2. The van der Waals surface area contributed by atoms with Crippen molar-refractivity contribution in [3.05, 3.63) is 18.2 Å². The van der Waals surface area contributed by atoms with Crippen molar-refractivity contribution in [1.29, 1.82) is 0 Å². The fourth-order valence-corrected chi connectivity index (χ4v) is 3.22. The number of methoxy groups -OCH3 is 2. The predicted molar refractivity (Wildman–Crippen MR) is 104 cm³/mol. The second-order valence-electron chi connectivity index (χ2n) is 6.55. The Morgan fingerprint density at radius 2 is 2.04 bits per heavy atom. The van der Waals surface area contributed by atoms with Crippen molar-refractivity contribution in [2.45, 2.75) is 45.1 Å². The summed E-state index contributed by atoms with van der Waals surface area (Å²) in [5.41, 5.74) is 6.81. The van der Waals surface area contributed by atoms with Gasteiger partial charge in [0.15, 0.2) is 17.5 Å². The quantitative estimate of drug-likeness (QED) is 0.429. The maximum atomic E-state index is 5.97. The van der Waals surface area contributed by atoms with E-state index in [9.17, 15) is 0 Å². The fourth-order valence-electron chi connectivity index (χ4n) is 3.22. The molecule has 1 unspecified atom stereocenters. The van der Waals surface area contributed by atoms with Crippen molar-refractivity contribution in [2.75, 3.05) is 39.2 Å². The first-order chi connectivity index (χ1) is 12.1. The van der Waals surface area contributed by atoms with Crippen molar-refractivity contribution < 1.29 is 9.47 Å². The molecule has 140 valence electrons. The number of aliphatic imine (C=N–C) groups is 1. The van der Waals surface area contributed by atoms with Crippen LogP contribution in [0.2, 0.25) is 0 Å². The fraction of sp³-hybridized carbons (Fsp3) is 0.632. The summed E-state index contributed by atoms with van der Waals surface area (Å²) in [7, 11) is 3.23. The van der Waals surface area contributed by atoms with E-state index in [2.05, 4.69) is 22.1 Å². The molecule has 25 heavy (non-hydrogen) atoms. The van der Waals surface area contributed by atoms with Crippen molar-refractivity contribution in [1.82, 2.24) is 4.90 Å². The van der Waals surface area contributed by atoms with Crippen molar-refractivity contribution >= 4 is 11.6 Å². The molecular weight excluding hydrogens is 316 g/mol. The van der Waals surface area contributed by atoms with Gasteiger partial charge in [-0.1, -0.05) is 6.42 Å². The van der Waals surface area contributed by atoms with Gasteiger partial charge in [0.25, 0.3) is 0 Å². The average Bonchev–Trinajstić information content (AvgIpc) is 2.62. The molecule has 0 spiro atoms. The number of nitrogens with two attached hydrogens (primary N) is 1. The lowest BCUT2D eigenvalue weighted by atomic mass is 10.0. The van der Waals surface area contributed by atoms with E-state index in [0.717, 1.165) is 31.1 Å². The summed E-state index contributed by atoms with van der Waals surface area (Å²) in [6, 6.07) is 6.31. The molecule has 1 aliphatic rings. The van der Waals surface area contributed by atoms with Crippen LogP contribution in [0.1, 0.15) is 39.0 Å². The molecule has 6 heteroatoms. The first kappa shape index (κ1) is 19.4. The summed E-state index contributed by atoms with van der Waals surface area (Å²) < 4.78 is 10.5. The molecule has 1 heterocycles. The van der Waals surface area contributed by atoms with Crippen LogP contribution < -0.4 is 20.5 Å². The Kier molecular flexibility index (Phi) is 7.85. The zero-order chi connectivity index (χ0) is 18.1. The van der Waals surface area contributed by atoms with Gasteiger partial charge in [-0.2, -0.15) is 0 Å². The monoisotopic (exact) mass is 348 g/mol. The Bertz CT molecular complexity index is 562. The number of ether oxygens (including phenoxy) is 2. The maximum absolute atomic E-state index is 5.97. The number of guanidine groups is 1. The van der Waals surface area contributed by atoms with Gasteiger partial charge in [-0.25, -0.2) is 0 Å². The van der Waals surface area contributed by atoms with Crippen molar-refractivity contribution in [2.24, 2.45) is 10.7 Å². The highest BCUT2D eigenvalue weighted by Crippen LogP contribution is 2.29. The number of anilines is 1. The molecule has 1 aromatic carbocycles. The van der Waals surface area contributed by atoms with Gasteiger partial charge < -0.3 is 25.4 Å². The van der Waals surface area contributed by atoms with Crippen LogP contribution in [-0.4, -0.2) is 50.8 Å². The van der Waals surface area contributed by atoms with E-state index < -0.39 is 0 Å². The number of hydrogen-bond acceptors (Lipinski definition) is 4. The highest BCUT2D eigenvalue weighted by atomic mass is 16.5. The smallest absolute Gasteiger partial charge is 0.193 e. The van der Waals surface area contributed by atoms with Gasteiger partial charge in [-0.05, 0) is 57.8 Å². The van der Waals surface area contributed by atoms with Gasteiger partial charge in [-0.15, -0.1) is 0 Å². The third-order valence-corrected chi connectivity index (χ3v) is 4.73. The Hall–Kier alpha value is -1.95. The Labute approximate surface area is 151 Å². The third-order valence-electron chi connectivity index (χ3n) is 4.73. The molecule has 6 nitrogen and oxygen atoms in total. The molecule has 0 saturated carbocycles. The van der Waals surface area contributed by atoms with E-state index in [-0.39, 0.29) is 0 Å². The number of rotatable bonds is 8.